The molecule has 0 radical (unpaired) electrons. The van der Waals surface area contributed by atoms with Gasteiger partial charge in [0.1, 0.15) is 13.2 Å². The molecule has 1 atom stereocenters. The minimum absolute atomic E-state index is 0.216. The van der Waals surface area contributed by atoms with E-state index in [1.165, 1.54) is 37.9 Å². The summed E-state index contributed by atoms with van der Waals surface area (Å²) in [6, 6.07) is 6.59. The number of hydrogen-bond donors (Lipinski definition) is 0. The summed E-state index contributed by atoms with van der Waals surface area (Å²) in [4.78, 5) is 19.5. The number of hydrogen-bond acceptors (Lipinski definition) is 5. The molecule has 160 valence electrons. The average molecular weight is 402 g/mol. The van der Waals surface area contributed by atoms with E-state index in [0.29, 0.717) is 19.3 Å². The van der Waals surface area contributed by atoms with Crippen LogP contribution in [0.15, 0.2) is 18.2 Å². The predicted molar refractivity (Wildman–Crippen MR) is 113 cm³/mol. The molecule has 0 saturated carbocycles. The van der Waals surface area contributed by atoms with Crippen molar-refractivity contribution in [3.05, 3.63) is 23.8 Å². The first-order valence-corrected chi connectivity index (χ1v) is 11.3. The van der Waals surface area contributed by atoms with Crippen molar-refractivity contribution in [2.45, 2.75) is 51.6 Å². The summed E-state index contributed by atoms with van der Waals surface area (Å²) in [5.41, 5.74) is 1.25. The molecule has 3 heterocycles. The van der Waals surface area contributed by atoms with E-state index in [9.17, 15) is 4.79 Å². The van der Waals surface area contributed by atoms with Crippen LogP contribution in [-0.4, -0.2) is 79.1 Å². The van der Waals surface area contributed by atoms with Gasteiger partial charge in [0.15, 0.2) is 11.5 Å². The van der Waals surface area contributed by atoms with Crippen LogP contribution in [0.3, 0.4) is 0 Å². The molecule has 0 bridgehead atoms. The molecule has 0 aliphatic carbocycles. The van der Waals surface area contributed by atoms with Crippen molar-refractivity contribution in [3.8, 4) is 11.5 Å². The maximum Gasteiger partial charge on any atom is 0.219 e. The molecule has 0 aromatic heterocycles. The van der Waals surface area contributed by atoms with E-state index in [4.69, 9.17) is 9.47 Å². The third-order valence-electron chi connectivity index (χ3n) is 6.44. The first kappa shape index (κ1) is 20.5. The number of rotatable bonds is 6. The molecule has 6 heteroatoms. The topological polar surface area (TPSA) is 45.3 Å². The molecule has 3 aliphatic heterocycles. The zero-order valence-corrected chi connectivity index (χ0v) is 17.8. The third kappa shape index (κ3) is 5.43. The Morgan fingerprint density at radius 2 is 1.79 bits per heavy atom. The van der Waals surface area contributed by atoms with Crippen LogP contribution in [0.4, 0.5) is 0 Å². The third-order valence-corrected chi connectivity index (χ3v) is 6.44. The van der Waals surface area contributed by atoms with Crippen molar-refractivity contribution < 1.29 is 14.3 Å². The molecule has 3 aliphatic rings. The van der Waals surface area contributed by atoms with Gasteiger partial charge in [-0.25, -0.2) is 0 Å². The summed E-state index contributed by atoms with van der Waals surface area (Å²) in [5.74, 6) is 1.92. The molecule has 0 spiro atoms. The highest BCUT2D eigenvalue weighted by atomic mass is 16.6. The molecule has 0 N–H and O–H groups in total. The second-order valence-corrected chi connectivity index (χ2v) is 8.62. The van der Waals surface area contributed by atoms with Gasteiger partial charge < -0.3 is 19.3 Å². The quantitative estimate of drug-likeness (QED) is 0.734. The Bertz CT molecular complexity index is 690. The Labute approximate surface area is 174 Å². The second-order valence-electron chi connectivity index (χ2n) is 8.62. The normalized spacial score (nSPS) is 23.0. The maximum atomic E-state index is 12.4. The van der Waals surface area contributed by atoms with Gasteiger partial charge in [-0.3, -0.25) is 9.69 Å². The SMILES string of the molecule is CC(=O)N(CCN1CCCCC1)[C@H]1CCCN(Cc2ccc3c(c2)OCCO3)C1. The number of benzene rings is 1. The Morgan fingerprint density at radius 1 is 1.03 bits per heavy atom. The Kier molecular flexibility index (Phi) is 6.93. The van der Waals surface area contributed by atoms with E-state index in [1.54, 1.807) is 6.92 Å². The Balaban J connectivity index is 1.34. The van der Waals surface area contributed by atoms with E-state index >= 15 is 0 Å². The first-order valence-electron chi connectivity index (χ1n) is 11.3. The summed E-state index contributed by atoms with van der Waals surface area (Å²) in [6.45, 7) is 10.2. The number of amides is 1. The van der Waals surface area contributed by atoms with E-state index in [0.717, 1.165) is 57.1 Å². The summed E-state index contributed by atoms with van der Waals surface area (Å²) in [7, 11) is 0. The van der Waals surface area contributed by atoms with Crippen molar-refractivity contribution in [2.24, 2.45) is 0 Å². The molecule has 1 aromatic carbocycles. The van der Waals surface area contributed by atoms with Crippen LogP contribution < -0.4 is 9.47 Å². The summed E-state index contributed by atoms with van der Waals surface area (Å²) >= 11 is 0. The van der Waals surface area contributed by atoms with Crippen molar-refractivity contribution in [1.82, 2.24) is 14.7 Å². The molecular weight excluding hydrogens is 366 g/mol. The molecule has 1 amide bonds. The second kappa shape index (κ2) is 9.81. The van der Waals surface area contributed by atoms with Crippen molar-refractivity contribution in [2.75, 3.05) is 52.5 Å². The van der Waals surface area contributed by atoms with Crippen LogP contribution in [0.1, 0.15) is 44.6 Å². The molecule has 1 aromatic rings. The average Bonchev–Trinajstić information content (AvgIpc) is 2.75. The Morgan fingerprint density at radius 3 is 2.59 bits per heavy atom. The van der Waals surface area contributed by atoms with Gasteiger partial charge >= 0.3 is 0 Å². The van der Waals surface area contributed by atoms with Gasteiger partial charge in [-0.15, -0.1) is 0 Å². The van der Waals surface area contributed by atoms with Crippen LogP contribution in [0.2, 0.25) is 0 Å². The fourth-order valence-electron chi connectivity index (χ4n) is 4.90. The summed E-state index contributed by atoms with van der Waals surface area (Å²) in [5, 5.41) is 0. The number of carbonyl (C=O) groups is 1. The number of nitrogens with zero attached hydrogens (tertiary/aromatic N) is 3. The molecule has 6 nitrogen and oxygen atoms in total. The fraction of sp³-hybridized carbons (Fsp3) is 0.696. The smallest absolute Gasteiger partial charge is 0.219 e. The van der Waals surface area contributed by atoms with Crippen LogP contribution >= 0.6 is 0 Å². The minimum Gasteiger partial charge on any atom is -0.486 e. The summed E-state index contributed by atoms with van der Waals surface area (Å²) in [6.07, 6.45) is 6.20. The van der Waals surface area contributed by atoms with Gasteiger partial charge in [-0.1, -0.05) is 12.5 Å². The minimum atomic E-state index is 0.216. The van der Waals surface area contributed by atoms with Crippen LogP contribution in [-0.2, 0) is 11.3 Å². The van der Waals surface area contributed by atoms with Crippen molar-refractivity contribution in [1.29, 1.82) is 0 Å². The largest absolute Gasteiger partial charge is 0.486 e. The fourth-order valence-corrected chi connectivity index (χ4v) is 4.90. The number of fused-ring (bicyclic) bond motifs is 1. The Hall–Kier alpha value is -1.79. The lowest BCUT2D eigenvalue weighted by Crippen LogP contribution is -2.51. The van der Waals surface area contributed by atoms with Gasteiger partial charge in [0.25, 0.3) is 0 Å². The number of carbonyl (C=O) groups excluding carboxylic acids is 1. The van der Waals surface area contributed by atoms with Crippen molar-refractivity contribution in [3.63, 3.8) is 0 Å². The van der Waals surface area contributed by atoms with Crippen molar-refractivity contribution >= 4 is 5.91 Å². The number of ether oxygens (including phenoxy) is 2. The lowest BCUT2D eigenvalue weighted by molar-refractivity contribution is -0.132. The molecule has 0 unspecified atom stereocenters. The van der Waals surface area contributed by atoms with Gasteiger partial charge in [-0.2, -0.15) is 0 Å². The van der Waals surface area contributed by atoms with Crippen LogP contribution in [0, 0.1) is 0 Å². The van der Waals surface area contributed by atoms with E-state index in [-0.39, 0.29) is 5.91 Å². The monoisotopic (exact) mass is 401 g/mol. The van der Waals surface area contributed by atoms with Gasteiger partial charge in [0, 0.05) is 39.1 Å². The van der Waals surface area contributed by atoms with Gasteiger partial charge in [0.2, 0.25) is 5.91 Å². The number of piperidine rings is 2. The molecule has 2 fully saturated rings. The first-order chi connectivity index (χ1) is 14.2. The van der Waals surface area contributed by atoms with Gasteiger partial charge in [-0.05, 0) is 63.0 Å². The summed E-state index contributed by atoms with van der Waals surface area (Å²) < 4.78 is 11.4. The van der Waals surface area contributed by atoms with Crippen LogP contribution in [0.5, 0.6) is 11.5 Å². The highest BCUT2D eigenvalue weighted by Crippen LogP contribution is 2.31. The van der Waals surface area contributed by atoms with Gasteiger partial charge in [0.05, 0.1) is 0 Å². The zero-order chi connectivity index (χ0) is 20.1. The van der Waals surface area contributed by atoms with E-state index in [2.05, 4.69) is 26.8 Å². The maximum absolute atomic E-state index is 12.4. The highest BCUT2D eigenvalue weighted by Gasteiger charge is 2.27. The molecule has 4 rings (SSSR count). The highest BCUT2D eigenvalue weighted by molar-refractivity contribution is 5.73. The number of likely N-dealkylation sites (tertiary alicyclic amines) is 2. The molecular formula is C23H35N3O3. The predicted octanol–water partition coefficient (Wildman–Crippen LogP) is 2.76. The zero-order valence-electron chi connectivity index (χ0n) is 17.8. The van der Waals surface area contributed by atoms with E-state index < -0.39 is 0 Å². The lowest BCUT2D eigenvalue weighted by Gasteiger charge is -2.40. The lowest BCUT2D eigenvalue weighted by atomic mass is 10.0. The van der Waals surface area contributed by atoms with E-state index in [1.807, 2.05) is 6.07 Å². The van der Waals surface area contributed by atoms with Crippen LogP contribution in [0.25, 0.3) is 0 Å². The standard InChI is InChI=1S/C23H35N3O3/c1-19(27)26(13-12-24-9-3-2-4-10-24)21-6-5-11-25(18-21)17-20-7-8-22-23(16-20)29-15-14-28-22/h7-8,16,21H,2-6,9-15,17-18H2,1H3/t21-/m0/s1. The molecule has 2 saturated heterocycles. The molecule has 29 heavy (non-hydrogen) atoms.